The van der Waals surface area contributed by atoms with E-state index in [0.717, 1.165) is 30.3 Å². The van der Waals surface area contributed by atoms with Gasteiger partial charge < -0.3 is 14.0 Å². The van der Waals surface area contributed by atoms with Gasteiger partial charge in [-0.3, -0.25) is 5.32 Å². The minimum atomic E-state index is -0.408. The lowest BCUT2D eigenvalue weighted by atomic mass is 10.0. The van der Waals surface area contributed by atoms with Gasteiger partial charge in [-0.2, -0.15) is 0 Å². The normalized spacial score (nSPS) is 16.0. The van der Waals surface area contributed by atoms with Gasteiger partial charge in [0.25, 0.3) is 0 Å². The SMILES string of the molecule is CCOc1ccc2c(C)c(C3=CC=C(NC(=O)OCC(C)C)C=CC3)n(CC3CC3)c2c1. The second-order valence-electron chi connectivity index (χ2n) is 9.18. The van der Waals surface area contributed by atoms with Gasteiger partial charge in [0, 0.05) is 29.4 Å². The summed E-state index contributed by atoms with van der Waals surface area (Å²) in [6, 6.07) is 6.43. The number of nitrogens with one attached hydrogen (secondary N) is 1. The zero-order valence-corrected chi connectivity index (χ0v) is 19.6. The predicted octanol–water partition coefficient (Wildman–Crippen LogP) is 6.37. The molecule has 1 fully saturated rings. The topological polar surface area (TPSA) is 52.5 Å². The van der Waals surface area contributed by atoms with E-state index >= 15 is 0 Å². The van der Waals surface area contributed by atoms with E-state index in [1.165, 1.54) is 40.6 Å². The van der Waals surface area contributed by atoms with E-state index in [-0.39, 0.29) is 0 Å². The first-order chi connectivity index (χ1) is 15.5. The number of ether oxygens (including phenoxy) is 2. The van der Waals surface area contributed by atoms with Gasteiger partial charge in [0.05, 0.1) is 18.7 Å². The van der Waals surface area contributed by atoms with Crippen molar-refractivity contribution in [2.75, 3.05) is 13.2 Å². The number of aryl methyl sites for hydroxylation is 1. The minimum absolute atomic E-state index is 0.311. The highest BCUT2D eigenvalue weighted by Gasteiger charge is 2.26. The minimum Gasteiger partial charge on any atom is -0.494 e. The molecule has 0 aliphatic heterocycles. The first-order valence-electron chi connectivity index (χ1n) is 11.7. The first kappa shape index (κ1) is 22.3. The molecule has 0 spiro atoms. The van der Waals surface area contributed by atoms with Gasteiger partial charge in [-0.15, -0.1) is 0 Å². The zero-order valence-electron chi connectivity index (χ0n) is 19.6. The van der Waals surface area contributed by atoms with E-state index in [4.69, 9.17) is 9.47 Å². The molecule has 5 nitrogen and oxygen atoms in total. The lowest BCUT2D eigenvalue weighted by molar-refractivity contribution is 0.136. The lowest BCUT2D eigenvalue weighted by Gasteiger charge is -2.13. The molecule has 0 saturated heterocycles. The van der Waals surface area contributed by atoms with Crippen LogP contribution >= 0.6 is 0 Å². The molecule has 1 aromatic heterocycles. The van der Waals surface area contributed by atoms with Crippen LogP contribution in [0.4, 0.5) is 4.79 Å². The number of aromatic nitrogens is 1. The Labute approximate surface area is 190 Å². The van der Waals surface area contributed by atoms with Crippen molar-refractivity contribution in [3.05, 3.63) is 59.5 Å². The van der Waals surface area contributed by atoms with Gasteiger partial charge in [0.2, 0.25) is 0 Å². The lowest BCUT2D eigenvalue weighted by Crippen LogP contribution is -2.24. The second-order valence-corrected chi connectivity index (χ2v) is 9.18. The van der Waals surface area contributed by atoms with Crippen LogP contribution in [0.3, 0.4) is 0 Å². The Morgan fingerprint density at radius 1 is 1.25 bits per heavy atom. The average molecular weight is 435 g/mol. The van der Waals surface area contributed by atoms with Crippen molar-refractivity contribution in [1.82, 2.24) is 9.88 Å². The van der Waals surface area contributed by atoms with Crippen LogP contribution in [0.2, 0.25) is 0 Å². The highest BCUT2D eigenvalue weighted by Crippen LogP contribution is 2.39. The summed E-state index contributed by atoms with van der Waals surface area (Å²) in [7, 11) is 0. The number of nitrogens with zero attached hydrogens (tertiary/aromatic N) is 1. The number of benzene rings is 1. The molecule has 32 heavy (non-hydrogen) atoms. The highest BCUT2D eigenvalue weighted by atomic mass is 16.5. The maximum atomic E-state index is 12.1. The fraction of sp³-hybridized carbons (Fsp3) is 0.444. The van der Waals surface area contributed by atoms with Crippen molar-refractivity contribution in [1.29, 1.82) is 0 Å². The van der Waals surface area contributed by atoms with Crippen LogP contribution in [0.1, 0.15) is 51.3 Å². The van der Waals surface area contributed by atoms with Gasteiger partial charge in [-0.25, -0.2) is 4.79 Å². The third-order valence-electron chi connectivity index (χ3n) is 5.94. The molecule has 0 unspecified atom stereocenters. The molecule has 0 atom stereocenters. The van der Waals surface area contributed by atoms with Crippen molar-refractivity contribution in [3.63, 3.8) is 0 Å². The Bertz CT molecular complexity index is 1080. The molecule has 0 bridgehead atoms. The Hall–Kier alpha value is -2.95. The van der Waals surface area contributed by atoms with Crippen LogP contribution in [0.15, 0.2) is 48.2 Å². The number of allylic oxidation sites excluding steroid dienone is 5. The molecule has 5 heteroatoms. The number of hydrogen-bond donors (Lipinski definition) is 1. The zero-order chi connectivity index (χ0) is 22.7. The number of carbonyl (C=O) groups is 1. The summed E-state index contributed by atoms with van der Waals surface area (Å²) in [5, 5.41) is 4.13. The number of carbonyl (C=O) groups excluding carboxylic acids is 1. The summed E-state index contributed by atoms with van der Waals surface area (Å²) in [5.74, 6) is 1.98. The molecule has 1 N–H and O–H groups in total. The Kier molecular flexibility index (Phi) is 6.73. The summed E-state index contributed by atoms with van der Waals surface area (Å²) < 4.78 is 13.5. The highest BCUT2D eigenvalue weighted by molar-refractivity contribution is 5.91. The second kappa shape index (κ2) is 9.68. The van der Waals surface area contributed by atoms with E-state index in [0.29, 0.717) is 19.1 Å². The maximum Gasteiger partial charge on any atom is 0.411 e. The number of fused-ring (bicyclic) bond motifs is 1. The summed E-state index contributed by atoms with van der Waals surface area (Å²) >= 11 is 0. The molecule has 1 aromatic carbocycles. The summed E-state index contributed by atoms with van der Waals surface area (Å²) in [4.78, 5) is 12.1. The molecule has 0 radical (unpaired) electrons. The van der Waals surface area contributed by atoms with Crippen LogP contribution < -0.4 is 10.1 Å². The summed E-state index contributed by atoms with van der Waals surface area (Å²) in [6.45, 7) is 10.4. The summed E-state index contributed by atoms with van der Waals surface area (Å²) in [5.41, 5.74) is 5.81. The van der Waals surface area contributed by atoms with Crippen LogP contribution in [0, 0.1) is 18.8 Å². The number of alkyl carbamates (subject to hydrolysis) is 1. The smallest absolute Gasteiger partial charge is 0.411 e. The third kappa shape index (κ3) is 5.09. The first-order valence-corrected chi connectivity index (χ1v) is 11.7. The van der Waals surface area contributed by atoms with E-state index in [1.54, 1.807) is 0 Å². The van der Waals surface area contributed by atoms with Crippen LogP contribution in [0.25, 0.3) is 16.5 Å². The molecule has 1 saturated carbocycles. The van der Waals surface area contributed by atoms with E-state index in [9.17, 15) is 4.79 Å². The fourth-order valence-corrected chi connectivity index (χ4v) is 4.20. The van der Waals surface area contributed by atoms with Gasteiger partial charge >= 0.3 is 6.09 Å². The van der Waals surface area contributed by atoms with Gasteiger partial charge in [-0.1, -0.05) is 26.0 Å². The monoisotopic (exact) mass is 434 g/mol. The van der Waals surface area contributed by atoms with Crippen molar-refractivity contribution < 1.29 is 14.3 Å². The van der Waals surface area contributed by atoms with Gasteiger partial charge in [0.15, 0.2) is 0 Å². The quantitative estimate of drug-likeness (QED) is 0.525. The van der Waals surface area contributed by atoms with Gasteiger partial charge in [0.1, 0.15) is 5.75 Å². The molecule has 2 aliphatic carbocycles. The Morgan fingerprint density at radius 2 is 2.06 bits per heavy atom. The largest absolute Gasteiger partial charge is 0.494 e. The van der Waals surface area contributed by atoms with Gasteiger partial charge in [-0.05, 0) is 80.4 Å². The predicted molar refractivity (Wildman–Crippen MR) is 130 cm³/mol. The molecule has 1 amide bonds. The van der Waals surface area contributed by atoms with E-state index in [2.05, 4.69) is 47.2 Å². The standard InChI is InChI=1S/C27H34N2O3/c1-5-31-23-13-14-24-19(4)26(29(25(24)15-23)16-20-9-10-20)21-7-6-8-22(12-11-21)28-27(30)32-17-18(2)3/h6,8,11-15,18,20H,5,7,9-10,16-17H2,1-4H3,(H,28,30). The summed E-state index contributed by atoms with van der Waals surface area (Å²) in [6.07, 6.45) is 11.2. The molecule has 2 aromatic rings. The number of hydrogen-bond acceptors (Lipinski definition) is 3. The maximum absolute atomic E-state index is 12.1. The number of amides is 1. The van der Waals surface area contributed by atoms with E-state index < -0.39 is 6.09 Å². The molecule has 170 valence electrons. The van der Waals surface area contributed by atoms with Crippen molar-refractivity contribution >= 4 is 22.6 Å². The van der Waals surface area contributed by atoms with E-state index in [1.807, 2.05) is 32.9 Å². The fourth-order valence-electron chi connectivity index (χ4n) is 4.20. The number of rotatable bonds is 8. The van der Waals surface area contributed by atoms with Crippen LogP contribution in [-0.4, -0.2) is 23.9 Å². The molecule has 1 heterocycles. The van der Waals surface area contributed by atoms with Crippen LogP contribution in [0.5, 0.6) is 5.75 Å². The molecular weight excluding hydrogens is 400 g/mol. The Morgan fingerprint density at radius 3 is 2.78 bits per heavy atom. The Balaban J connectivity index is 1.66. The average Bonchev–Trinajstić information content (AvgIpc) is 3.57. The third-order valence-corrected chi connectivity index (χ3v) is 5.94. The van der Waals surface area contributed by atoms with Crippen molar-refractivity contribution in [2.24, 2.45) is 11.8 Å². The van der Waals surface area contributed by atoms with Crippen molar-refractivity contribution in [2.45, 2.75) is 53.5 Å². The van der Waals surface area contributed by atoms with Crippen LogP contribution in [-0.2, 0) is 11.3 Å². The molecular formula is C27H34N2O3. The molecule has 2 aliphatic rings. The molecule has 4 rings (SSSR count). The van der Waals surface area contributed by atoms with Crippen molar-refractivity contribution in [3.8, 4) is 5.75 Å².